The normalized spacial score (nSPS) is 12.3. The van der Waals surface area contributed by atoms with E-state index in [1.807, 2.05) is 0 Å². The van der Waals surface area contributed by atoms with Crippen LogP contribution in [0.3, 0.4) is 0 Å². The largest absolute Gasteiger partial charge is 0.416 e. The molecule has 2 N–H and O–H groups in total. The molecule has 0 fully saturated rings. The van der Waals surface area contributed by atoms with Gasteiger partial charge in [-0.15, -0.1) is 24.8 Å². The molecule has 15 heavy (non-hydrogen) atoms. The molecule has 0 aliphatic heterocycles. The third kappa shape index (κ3) is 4.68. The Morgan fingerprint density at radius 1 is 1.33 bits per heavy atom. The van der Waals surface area contributed by atoms with Gasteiger partial charge in [-0.2, -0.15) is 13.2 Å². The van der Waals surface area contributed by atoms with Gasteiger partial charge >= 0.3 is 6.18 Å². The second-order valence-electron chi connectivity index (χ2n) is 2.76. The lowest BCUT2D eigenvalue weighted by atomic mass is 10.1. The van der Waals surface area contributed by atoms with E-state index in [0.29, 0.717) is 0 Å². The molecule has 0 unspecified atom stereocenters. The van der Waals surface area contributed by atoms with Gasteiger partial charge in [0.05, 0.1) is 11.3 Å². The number of aromatic nitrogens is 1. The summed E-state index contributed by atoms with van der Waals surface area (Å²) in [5, 5.41) is 0. The van der Waals surface area contributed by atoms with E-state index in [0.717, 1.165) is 18.3 Å². The first kappa shape index (κ1) is 16.9. The fourth-order valence-electron chi connectivity index (χ4n) is 0.874. The Kier molecular flexibility index (Phi) is 6.92. The zero-order valence-corrected chi connectivity index (χ0v) is 9.42. The first-order valence-electron chi connectivity index (χ1n) is 3.70. The Hall–Kier alpha value is -0.520. The summed E-state index contributed by atoms with van der Waals surface area (Å²) < 4.78 is 36.5. The van der Waals surface area contributed by atoms with Crippen LogP contribution in [0.25, 0.3) is 0 Å². The van der Waals surface area contributed by atoms with E-state index < -0.39 is 17.8 Å². The van der Waals surface area contributed by atoms with Crippen molar-refractivity contribution in [3.05, 3.63) is 29.6 Å². The second-order valence-corrected chi connectivity index (χ2v) is 2.76. The van der Waals surface area contributed by atoms with Crippen molar-refractivity contribution in [1.29, 1.82) is 0 Å². The van der Waals surface area contributed by atoms with Gasteiger partial charge in [-0.05, 0) is 19.1 Å². The van der Waals surface area contributed by atoms with Gasteiger partial charge in [-0.25, -0.2) is 0 Å². The summed E-state index contributed by atoms with van der Waals surface area (Å²) in [4.78, 5) is 3.73. The highest BCUT2D eigenvalue weighted by Crippen LogP contribution is 2.29. The van der Waals surface area contributed by atoms with Crippen molar-refractivity contribution in [3.63, 3.8) is 0 Å². The van der Waals surface area contributed by atoms with Crippen LogP contribution in [0.15, 0.2) is 18.3 Å². The van der Waals surface area contributed by atoms with Gasteiger partial charge in [-0.3, -0.25) is 4.98 Å². The quantitative estimate of drug-likeness (QED) is 0.845. The highest BCUT2D eigenvalue weighted by molar-refractivity contribution is 5.85. The van der Waals surface area contributed by atoms with Crippen molar-refractivity contribution in [1.82, 2.24) is 4.98 Å². The molecule has 1 aromatic heterocycles. The van der Waals surface area contributed by atoms with Crippen LogP contribution in [0.1, 0.15) is 24.2 Å². The van der Waals surface area contributed by atoms with Crippen LogP contribution in [0.5, 0.6) is 0 Å². The predicted octanol–water partition coefficient (Wildman–Crippen LogP) is 2.96. The van der Waals surface area contributed by atoms with Gasteiger partial charge in [0.1, 0.15) is 0 Å². The Morgan fingerprint density at radius 3 is 2.27 bits per heavy atom. The second kappa shape index (κ2) is 6.15. The van der Waals surface area contributed by atoms with Crippen molar-refractivity contribution < 1.29 is 13.2 Å². The molecule has 7 heteroatoms. The summed E-state index contributed by atoms with van der Waals surface area (Å²) in [6.07, 6.45) is -3.21. The third-order valence-electron chi connectivity index (χ3n) is 1.57. The smallest absolute Gasteiger partial charge is 0.323 e. The van der Waals surface area contributed by atoms with E-state index in [2.05, 4.69) is 4.98 Å². The average Bonchev–Trinajstić information content (AvgIpc) is 2.03. The number of nitrogens with two attached hydrogens (primary N) is 1. The molecule has 2 nitrogen and oxygen atoms in total. The zero-order chi connectivity index (χ0) is 10.1. The molecule has 0 aliphatic rings. The first-order valence-corrected chi connectivity index (χ1v) is 3.70. The fourth-order valence-corrected chi connectivity index (χ4v) is 0.874. The predicted molar refractivity (Wildman–Crippen MR) is 56.3 cm³/mol. The molecular formula is C8H11Cl2F3N2. The Bertz CT molecular complexity index is 302. The minimum absolute atomic E-state index is 0. The van der Waals surface area contributed by atoms with Crippen molar-refractivity contribution in [2.45, 2.75) is 19.1 Å². The first-order chi connectivity index (χ1) is 5.91. The average molecular weight is 263 g/mol. The molecular weight excluding hydrogens is 252 g/mol. The summed E-state index contributed by atoms with van der Waals surface area (Å²) in [5.74, 6) is 0. The maximum Gasteiger partial charge on any atom is 0.416 e. The van der Waals surface area contributed by atoms with Gasteiger partial charge in [0.2, 0.25) is 0 Å². The Morgan fingerprint density at radius 2 is 1.87 bits per heavy atom. The van der Waals surface area contributed by atoms with Crippen molar-refractivity contribution >= 4 is 24.8 Å². The molecule has 0 saturated heterocycles. The number of nitrogens with zero attached hydrogens (tertiary/aromatic N) is 1. The molecule has 0 amide bonds. The molecule has 0 radical (unpaired) electrons. The highest BCUT2D eigenvalue weighted by Gasteiger charge is 2.30. The molecule has 0 spiro atoms. The molecule has 0 aliphatic carbocycles. The van der Waals surface area contributed by atoms with Gasteiger partial charge in [0.15, 0.2) is 0 Å². The highest BCUT2D eigenvalue weighted by atomic mass is 35.5. The van der Waals surface area contributed by atoms with Crippen molar-refractivity contribution in [2.75, 3.05) is 0 Å². The molecule has 0 saturated carbocycles. The van der Waals surface area contributed by atoms with Crippen molar-refractivity contribution in [2.24, 2.45) is 5.73 Å². The monoisotopic (exact) mass is 262 g/mol. The van der Waals surface area contributed by atoms with Gasteiger partial charge < -0.3 is 5.73 Å². The molecule has 0 aromatic carbocycles. The molecule has 88 valence electrons. The third-order valence-corrected chi connectivity index (χ3v) is 1.57. The van der Waals surface area contributed by atoms with Crippen LogP contribution in [-0.4, -0.2) is 4.98 Å². The molecule has 1 atom stereocenters. The standard InChI is InChI=1S/C8H9F3N2.2ClH/c1-5(12)7-4-6(2-3-13-7)8(9,10)11;;/h2-5H,12H2,1H3;2*1H/t5-;;/m1../s1. The van der Waals surface area contributed by atoms with Crippen LogP contribution in [0.4, 0.5) is 13.2 Å². The summed E-state index contributed by atoms with van der Waals surface area (Å²) in [6.45, 7) is 1.59. The molecule has 1 rings (SSSR count). The van der Waals surface area contributed by atoms with E-state index in [-0.39, 0.29) is 30.5 Å². The Labute approximate surface area is 97.9 Å². The van der Waals surface area contributed by atoms with Crippen LogP contribution in [0.2, 0.25) is 0 Å². The summed E-state index contributed by atoms with van der Waals surface area (Å²) >= 11 is 0. The lowest BCUT2D eigenvalue weighted by Gasteiger charge is -2.09. The zero-order valence-electron chi connectivity index (χ0n) is 7.78. The van der Waals surface area contributed by atoms with E-state index in [4.69, 9.17) is 5.73 Å². The molecule has 0 bridgehead atoms. The number of hydrogen-bond acceptors (Lipinski definition) is 2. The number of hydrogen-bond donors (Lipinski definition) is 1. The van der Waals surface area contributed by atoms with E-state index in [1.165, 1.54) is 0 Å². The topological polar surface area (TPSA) is 38.9 Å². The van der Waals surface area contributed by atoms with E-state index >= 15 is 0 Å². The summed E-state index contributed by atoms with van der Waals surface area (Å²) in [6, 6.07) is 1.40. The maximum atomic E-state index is 12.2. The lowest BCUT2D eigenvalue weighted by molar-refractivity contribution is -0.137. The number of halogens is 5. The number of rotatable bonds is 1. The van der Waals surface area contributed by atoms with E-state index in [1.54, 1.807) is 6.92 Å². The van der Waals surface area contributed by atoms with Gasteiger partial charge in [-0.1, -0.05) is 0 Å². The van der Waals surface area contributed by atoms with Crippen LogP contribution >= 0.6 is 24.8 Å². The van der Waals surface area contributed by atoms with Crippen LogP contribution < -0.4 is 5.73 Å². The van der Waals surface area contributed by atoms with Crippen LogP contribution in [-0.2, 0) is 6.18 Å². The fraction of sp³-hybridized carbons (Fsp3) is 0.375. The SMILES string of the molecule is C[C@@H](N)c1cc(C(F)(F)F)ccn1.Cl.Cl. The molecule has 1 aromatic rings. The maximum absolute atomic E-state index is 12.2. The van der Waals surface area contributed by atoms with Crippen molar-refractivity contribution in [3.8, 4) is 0 Å². The van der Waals surface area contributed by atoms with E-state index in [9.17, 15) is 13.2 Å². The van der Waals surface area contributed by atoms with Gasteiger partial charge in [0, 0.05) is 12.2 Å². The summed E-state index contributed by atoms with van der Waals surface area (Å²) in [7, 11) is 0. The van der Waals surface area contributed by atoms with Crippen LogP contribution in [0, 0.1) is 0 Å². The minimum Gasteiger partial charge on any atom is -0.323 e. The number of alkyl halides is 3. The number of pyridine rings is 1. The Balaban J connectivity index is 0. The lowest BCUT2D eigenvalue weighted by Crippen LogP contribution is -2.11. The molecule has 1 heterocycles. The summed E-state index contributed by atoms with van der Waals surface area (Å²) in [5.41, 5.74) is 4.93. The minimum atomic E-state index is -4.33. The van der Waals surface area contributed by atoms with Gasteiger partial charge in [0.25, 0.3) is 0 Å².